The van der Waals surface area contributed by atoms with Crippen LogP contribution in [0.15, 0.2) is 23.3 Å². The SMILES string of the molecule is CCNC(=NCc1ccc(Cl)nc1)NCCCOC1CCOC1. The normalized spacial score (nSPS) is 18.2. The lowest BCUT2D eigenvalue weighted by Crippen LogP contribution is -2.38. The van der Waals surface area contributed by atoms with E-state index in [-0.39, 0.29) is 6.10 Å². The molecule has 0 radical (unpaired) electrons. The Morgan fingerprint density at radius 1 is 1.48 bits per heavy atom. The van der Waals surface area contributed by atoms with E-state index < -0.39 is 0 Å². The van der Waals surface area contributed by atoms with Crippen LogP contribution in [-0.2, 0) is 16.0 Å². The van der Waals surface area contributed by atoms with E-state index in [1.807, 2.05) is 13.0 Å². The lowest BCUT2D eigenvalue weighted by atomic mass is 10.3. The van der Waals surface area contributed by atoms with Crippen LogP contribution < -0.4 is 10.6 Å². The first kappa shape index (κ1) is 18.0. The van der Waals surface area contributed by atoms with Crippen LogP contribution in [0.4, 0.5) is 0 Å². The minimum Gasteiger partial charge on any atom is -0.379 e. The summed E-state index contributed by atoms with van der Waals surface area (Å²) < 4.78 is 11.0. The summed E-state index contributed by atoms with van der Waals surface area (Å²) in [5.41, 5.74) is 1.02. The molecule has 1 aromatic heterocycles. The van der Waals surface area contributed by atoms with Gasteiger partial charge in [0.1, 0.15) is 5.15 Å². The van der Waals surface area contributed by atoms with Crippen LogP contribution in [0.5, 0.6) is 0 Å². The van der Waals surface area contributed by atoms with Gasteiger partial charge in [0.2, 0.25) is 0 Å². The molecule has 0 amide bonds. The Morgan fingerprint density at radius 3 is 3.09 bits per heavy atom. The summed E-state index contributed by atoms with van der Waals surface area (Å²) in [4.78, 5) is 8.59. The van der Waals surface area contributed by atoms with Crippen LogP contribution in [-0.4, -0.2) is 50.0 Å². The molecular formula is C16H25ClN4O2. The molecule has 1 atom stereocenters. The van der Waals surface area contributed by atoms with Crippen molar-refractivity contribution in [2.45, 2.75) is 32.4 Å². The minimum absolute atomic E-state index is 0.273. The number of rotatable bonds is 8. The molecule has 2 N–H and O–H groups in total. The molecule has 2 heterocycles. The van der Waals surface area contributed by atoms with Gasteiger partial charge in [0.25, 0.3) is 0 Å². The van der Waals surface area contributed by atoms with Gasteiger partial charge in [-0.3, -0.25) is 0 Å². The smallest absolute Gasteiger partial charge is 0.191 e. The van der Waals surface area contributed by atoms with Gasteiger partial charge < -0.3 is 20.1 Å². The first-order valence-electron chi connectivity index (χ1n) is 8.10. The highest BCUT2D eigenvalue weighted by Crippen LogP contribution is 2.08. The van der Waals surface area contributed by atoms with Gasteiger partial charge in [0, 0.05) is 32.5 Å². The van der Waals surface area contributed by atoms with Gasteiger partial charge in [-0.15, -0.1) is 0 Å². The molecule has 1 aliphatic rings. The average Bonchev–Trinajstić information content (AvgIpc) is 3.07. The maximum absolute atomic E-state index is 5.78. The third-order valence-corrected chi connectivity index (χ3v) is 3.63. The van der Waals surface area contributed by atoms with E-state index in [4.69, 9.17) is 21.1 Å². The molecule has 0 aliphatic carbocycles. The van der Waals surface area contributed by atoms with Crippen molar-refractivity contribution in [1.82, 2.24) is 15.6 Å². The molecule has 0 bridgehead atoms. The van der Waals surface area contributed by atoms with Gasteiger partial charge in [0.15, 0.2) is 5.96 Å². The molecule has 23 heavy (non-hydrogen) atoms. The molecule has 2 rings (SSSR count). The van der Waals surface area contributed by atoms with Crippen molar-refractivity contribution in [3.63, 3.8) is 0 Å². The minimum atomic E-state index is 0.273. The number of hydrogen-bond donors (Lipinski definition) is 2. The summed E-state index contributed by atoms with van der Waals surface area (Å²) in [6, 6.07) is 3.71. The zero-order chi connectivity index (χ0) is 16.3. The second-order valence-electron chi connectivity index (χ2n) is 5.32. The fourth-order valence-electron chi connectivity index (χ4n) is 2.19. The van der Waals surface area contributed by atoms with Crippen LogP contribution >= 0.6 is 11.6 Å². The van der Waals surface area contributed by atoms with E-state index in [1.165, 1.54) is 0 Å². The second-order valence-corrected chi connectivity index (χ2v) is 5.71. The molecule has 6 nitrogen and oxygen atoms in total. The van der Waals surface area contributed by atoms with Gasteiger partial charge in [-0.1, -0.05) is 17.7 Å². The number of guanidine groups is 1. The number of hydrogen-bond acceptors (Lipinski definition) is 4. The zero-order valence-corrected chi connectivity index (χ0v) is 14.3. The molecule has 0 spiro atoms. The highest BCUT2D eigenvalue weighted by molar-refractivity contribution is 6.29. The van der Waals surface area contributed by atoms with Crippen molar-refractivity contribution in [2.24, 2.45) is 4.99 Å². The Kier molecular flexibility index (Phi) is 8.14. The second kappa shape index (κ2) is 10.4. The first-order chi connectivity index (χ1) is 11.3. The monoisotopic (exact) mass is 340 g/mol. The summed E-state index contributed by atoms with van der Waals surface area (Å²) in [6.45, 7) is 6.53. The zero-order valence-electron chi connectivity index (χ0n) is 13.6. The van der Waals surface area contributed by atoms with Crippen LogP contribution in [0.1, 0.15) is 25.3 Å². The molecule has 1 saturated heterocycles. The molecule has 7 heteroatoms. The summed E-state index contributed by atoms with van der Waals surface area (Å²) in [7, 11) is 0. The highest BCUT2D eigenvalue weighted by Gasteiger charge is 2.15. The Bertz CT molecular complexity index is 475. The van der Waals surface area contributed by atoms with Crippen molar-refractivity contribution < 1.29 is 9.47 Å². The molecule has 0 saturated carbocycles. The third-order valence-electron chi connectivity index (χ3n) is 3.41. The van der Waals surface area contributed by atoms with E-state index >= 15 is 0 Å². The van der Waals surface area contributed by atoms with E-state index in [2.05, 4.69) is 20.6 Å². The van der Waals surface area contributed by atoms with Crippen LogP contribution in [0.2, 0.25) is 5.15 Å². The van der Waals surface area contributed by atoms with E-state index in [0.717, 1.165) is 57.3 Å². The fraction of sp³-hybridized carbons (Fsp3) is 0.625. The maximum Gasteiger partial charge on any atom is 0.191 e. The predicted molar refractivity (Wildman–Crippen MR) is 91.9 cm³/mol. The lowest BCUT2D eigenvalue weighted by molar-refractivity contribution is 0.0420. The van der Waals surface area contributed by atoms with Crippen molar-refractivity contribution in [2.75, 3.05) is 32.9 Å². The quantitative estimate of drug-likeness (QED) is 0.328. The summed E-state index contributed by atoms with van der Waals surface area (Å²) in [6.07, 6.45) is 3.96. The number of halogens is 1. The summed E-state index contributed by atoms with van der Waals surface area (Å²) in [5.74, 6) is 0.798. The molecule has 1 fully saturated rings. The largest absolute Gasteiger partial charge is 0.379 e. The molecule has 1 aromatic rings. The van der Waals surface area contributed by atoms with Crippen LogP contribution in [0, 0.1) is 0 Å². The molecule has 1 unspecified atom stereocenters. The van der Waals surface area contributed by atoms with Gasteiger partial charge in [0.05, 0.1) is 19.3 Å². The first-order valence-corrected chi connectivity index (χ1v) is 8.47. The number of aromatic nitrogens is 1. The van der Waals surface area contributed by atoms with Crippen molar-refractivity contribution in [3.05, 3.63) is 29.0 Å². The van der Waals surface area contributed by atoms with E-state index in [0.29, 0.717) is 11.7 Å². The van der Waals surface area contributed by atoms with Gasteiger partial charge >= 0.3 is 0 Å². The summed E-state index contributed by atoms with van der Waals surface area (Å²) in [5, 5.41) is 7.03. The van der Waals surface area contributed by atoms with Gasteiger partial charge in [-0.05, 0) is 31.4 Å². The van der Waals surface area contributed by atoms with Crippen LogP contribution in [0.3, 0.4) is 0 Å². The fourth-order valence-corrected chi connectivity index (χ4v) is 2.30. The topological polar surface area (TPSA) is 67.8 Å². The molecule has 128 valence electrons. The standard InChI is InChI=1S/C16H25ClN4O2/c1-2-18-16(21-11-13-4-5-15(17)20-10-13)19-7-3-8-23-14-6-9-22-12-14/h4-5,10,14H,2-3,6-9,11-12H2,1H3,(H2,18,19,21). The Labute approximate surface area is 142 Å². The Balaban J connectivity index is 1.67. The average molecular weight is 341 g/mol. The van der Waals surface area contributed by atoms with Crippen molar-refractivity contribution >= 4 is 17.6 Å². The van der Waals surface area contributed by atoms with Gasteiger partial charge in [-0.25, -0.2) is 9.98 Å². The number of aliphatic imine (C=N–C) groups is 1. The number of pyridine rings is 1. The van der Waals surface area contributed by atoms with Gasteiger partial charge in [-0.2, -0.15) is 0 Å². The molecular weight excluding hydrogens is 316 g/mol. The van der Waals surface area contributed by atoms with Crippen LogP contribution in [0.25, 0.3) is 0 Å². The predicted octanol–water partition coefficient (Wildman–Crippen LogP) is 1.99. The number of nitrogens with zero attached hydrogens (tertiary/aromatic N) is 2. The molecule has 0 aromatic carbocycles. The third kappa shape index (κ3) is 7.16. The van der Waals surface area contributed by atoms with E-state index in [1.54, 1.807) is 12.3 Å². The number of nitrogens with one attached hydrogen (secondary N) is 2. The number of ether oxygens (including phenoxy) is 2. The highest BCUT2D eigenvalue weighted by atomic mass is 35.5. The Hall–Kier alpha value is -1.37. The van der Waals surface area contributed by atoms with E-state index in [9.17, 15) is 0 Å². The lowest BCUT2D eigenvalue weighted by Gasteiger charge is -2.13. The summed E-state index contributed by atoms with van der Waals surface area (Å²) >= 11 is 5.78. The molecule has 1 aliphatic heterocycles. The Morgan fingerprint density at radius 2 is 2.39 bits per heavy atom. The van der Waals surface area contributed by atoms with Crippen molar-refractivity contribution in [1.29, 1.82) is 0 Å². The van der Waals surface area contributed by atoms with Crippen molar-refractivity contribution in [3.8, 4) is 0 Å². The maximum atomic E-state index is 5.78.